The summed E-state index contributed by atoms with van der Waals surface area (Å²) in [4.78, 5) is 21.8. The number of phenolic OH excluding ortho intramolecular Hbond substituents is 1. The van der Waals surface area contributed by atoms with Gasteiger partial charge in [-0.3, -0.25) is 0 Å². The standard InChI is InChI=1S/C9H8BrNO4/c1-15-9(13)8-5(4-10)7(12)3-2-6(8)11-14/h2-3,12H,4H2,1H3. The van der Waals surface area contributed by atoms with Gasteiger partial charge in [0, 0.05) is 10.9 Å². The lowest BCUT2D eigenvalue weighted by molar-refractivity contribution is 0.0600. The number of carbonyl (C=O) groups is 1. The molecule has 0 aliphatic carbocycles. The molecule has 0 spiro atoms. The zero-order chi connectivity index (χ0) is 11.4. The molecular weight excluding hydrogens is 266 g/mol. The first kappa shape index (κ1) is 11.6. The molecule has 5 nitrogen and oxygen atoms in total. The van der Waals surface area contributed by atoms with E-state index in [-0.39, 0.29) is 22.3 Å². The van der Waals surface area contributed by atoms with Crippen molar-refractivity contribution in [3.8, 4) is 5.75 Å². The molecule has 1 aromatic rings. The fourth-order valence-corrected chi connectivity index (χ4v) is 1.73. The molecule has 1 rings (SSSR count). The summed E-state index contributed by atoms with van der Waals surface area (Å²) in [5, 5.41) is 12.4. The number of esters is 1. The van der Waals surface area contributed by atoms with Crippen LogP contribution in [0.5, 0.6) is 5.75 Å². The van der Waals surface area contributed by atoms with E-state index < -0.39 is 5.97 Å². The number of aromatic hydroxyl groups is 1. The van der Waals surface area contributed by atoms with Crippen LogP contribution in [0.2, 0.25) is 0 Å². The molecule has 0 saturated heterocycles. The lowest BCUT2D eigenvalue weighted by Gasteiger charge is -2.08. The number of hydrogen-bond acceptors (Lipinski definition) is 5. The largest absolute Gasteiger partial charge is 0.508 e. The van der Waals surface area contributed by atoms with Gasteiger partial charge in [-0.1, -0.05) is 15.9 Å². The number of carbonyl (C=O) groups excluding carboxylic acids is 1. The highest BCUT2D eigenvalue weighted by atomic mass is 79.9. The third-order valence-corrected chi connectivity index (χ3v) is 2.45. The Morgan fingerprint density at radius 1 is 1.60 bits per heavy atom. The van der Waals surface area contributed by atoms with E-state index in [1.807, 2.05) is 0 Å². The summed E-state index contributed by atoms with van der Waals surface area (Å²) in [6.45, 7) is 0. The third kappa shape index (κ3) is 2.15. The minimum absolute atomic E-state index is 0.00984. The van der Waals surface area contributed by atoms with E-state index in [9.17, 15) is 14.8 Å². The molecule has 0 fully saturated rings. The van der Waals surface area contributed by atoms with Crippen molar-refractivity contribution in [1.29, 1.82) is 0 Å². The molecule has 80 valence electrons. The van der Waals surface area contributed by atoms with E-state index in [0.29, 0.717) is 5.56 Å². The number of nitroso groups, excluding NO2 is 1. The van der Waals surface area contributed by atoms with E-state index in [2.05, 4.69) is 25.8 Å². The van der Waals surface area contributed by atoms with Crippen LogP contribution >= 0.6 is 15.9 Å². The monoisotopic (exact) mass is 273 g/mol. The summed E-state index contributed by atoms with van der Waals surface area (Å²) >= 11 is 3.11. The number of benzene rings is 1. The lowest BCUT2D eigenvalue weighted by atomic mass is 10.1. The van der Waals surface area contributed by atoms with Gasteiger partial charge < -0.3 is 9.84 Å². The number of alkyl halides is 1. The van der Waals surface area contributed by atoms with E-state index in [1.165, 1.54) is 19.2 Å². The first-order chi connectivity index (χ1) is 7.15. The topological polar surface area (TPSA) is 76.0 Å². The molecule has 1 N–H and O–H groups in total. The Kier molecular flexibility index (Phi) is 3.79. The van der Waals surface area contributed by atoms with Crippen LogP contribution < -0.4 is 0 Å². The number of nitrogens with zero attached hydrogens (tertiary/aromatic N) is 1. The predicted molar refractivity (Wildman–Crippen MR) is 57.5 cm³/mol. The molecule has 0 heterocycles. The predicted octanol–water partition coefficient (Wildman–Crippen LogP) is 2.47. The van der Waals surface area contributed by atoms with Crippen LogP contribution in [-0.4, -0.2) is 18.2 Å². The van der Waals surface area contributed by atoms with Crippen molar-refractivity contribution in [2.75, 3.05) is 7.11 Å². The highest BCUT2D eigenvalue weighted by Gasteiger charge is 2.20. The van der Waals surface area contributed by atoms with Crippen LogP contribution in [0.25, 0.3) is 0 Å². The molecular formula is C9H8BrNO4. The van der Waals surface area contributed by atoms with Crippen molar-refractivity contribution in [1.82, 2.24) is 0 Å². The maximum absolute atomic E-state index is 11.4. The quantitative estimate of drug-likeness (QED) is 0.522. The van der Waals surface area contributed by atoms with Crippen LogP contribution in [0, 0.1) is 4.91 Å². The lowest BCUT2D eigenvalue weighted by Crippen LogP contribution is -2.05. The van der Waals surface area contributed by atoms with Crippen molar-refractivity contribution in [3.63, 3.8) is 0 Å². The molecule has 0 aromatic heterocycles. The Labute approximate surface area is 94.2 Å². The maximum Gasteiger partial charge on any atom is 0.340 e. The number of halogens is 1. The number of methoxy groups -OCH3 is 1. The van der Waals surface area contributed by atoms with Gasteiger partial charge >= 0.3 is 5.97 Å². The zero-order valence-corrected chi connectivity index (χ0v) is 9.44. The second-order valence-corrected chi connectivity index (χ2v) is 3.23. The van der Waals surface area contributed by atoms with Gasteiger partial charge in [-0.25, -0.2) is 4.79 Å². The first-order valence-electron chi connectivity index (χ1n) is 3.98. The van der Waals surface area contributed by atoms with Crippen LogP contribution in [0.3, 0.4) is 0 Å². The second-order valence-electron chi connectivity index (χ2n) is 2.67. The summed E-state index contributed by atoms with van der Waals surface area (Å²) in [6.07, 6.45) is 0. The number of rotatable bonds is 3. The van der Waals surface area contributed by atoms with Gasteiger partial charge in [0.15, 0.2) is 0 Å². The Morgan fingerprint density at radius 3 is 2.73 bits per heavy atom. The molecule has 1 aromatic carbocycles. The van der Waals surface area contributed by atoms with E-state index in [4.69, 9.17) is 0 Å². The van der Waals surface area contributed by atoms with Crippen molar-refractivity contribution >= 4 is 27.6 Å². The van der Waals surface area contributed by atoms with Crippen LogP contribution in [-0.2, 0) is 10.1 Å². The Bertz CT molecular complexity index is 405. The second kappa shape index (κ2) is 4.88. The van der Waals surface area contributed by atoms with Crippen LogP contribution in [0.1, 0.15) is 15.9 Å². The molecule has 15 heavy (non-hydrogen) atoms. The molecule has 0 saturated carbocycles. The van der Waals surface area contributed by atoms with E-state index >= 15 is 0 Å². The summed E-state index contributed by atoms with van der Waals surface area (Å²) in [6, 6.07) is 2.57. The van der Waals surface area contributed by atoms with Gasteiger partial charge in [0.1, 0.15) is 11.4 Å². The molecule has 0 atom stereocenters. The smallest absolute Gasteiger partial charge is 0.340 e. The van der Waals surface area contributed by atoms with Crippen molar-refractivity contribution in [2.45, 2.75) is 5.33 Å². The van der Waals surface area contributed by atoms with Gasteiger partial charge in [-0.05, 0) is 17.3 Å². The molecule has 6 heteroatoms. The molecule has 0 aliphatic rings. The summed E-state index contributed by atoms with van der Waals surface area (Å²) in [5.74, 6) is -0.783. The van der Waals surface area contributed by atoms with E-state index in [1.54, 1.807) is 0 Å². The fraction of sp³-hybridized carbons (Fsp3) is 0.222. The Morgan fingerprint density at radius 2 is 2.27 bits per heavy atom. The fourth-order valence-electron chi connectivity index (χ4n) is 1.17. The highest BCUT2D eigenvalue weighted by molar-refractivity contribution is 9.08. The summed E-state index contributed by atoms with van der Waals surface area (Å²) in [7, 11) is 1.19. The zero-order valence-electron chi connectivity index (χ0n) is 7.86. The first-order valence-corrected chi connectivity index (χ1v) is 5.10. The normalized spacial score (nSPS) is 9.73. The Balaban J connectivity index is 3.46. The van der Waals surface area contributed by atoms with Gasteiger partial charge in [-0.2, -0.15) is 0 Å². The van der Waals surface area contributed by atoms with Crippen molar-refractivity contribution in [3.05, 3.63) is 28.2 Å². The SMILES string of the molecule is COC(=O)c1c(N=O)ccc(O)c1CBr. The average molecular weight is 274 g/mol. The Hall–Kier alpha value is -1.43. The van der Waals surface area contributed by atoms with Gasteiger partial charge in [0.25, 0.3) is 0 Å². The highest BCUT2D eigenvalue weighted by Crippen LogP contribution is 2.32. The molecule has 0 unspecified atom stereocenters. The van der Waals surface area contributed by atoms with Gasteiger partial charge in [0.05, 0.1) is 12.7 Å². The molecule has 0 bridgehead atoms. The molecule has 0 aliphatic heterocycles. The average Bonchev–Trinajstić information content (AvgIpc) is 2.27. The summed E-state index contributed by atoms with van der Waals surface area (Å²) in [5.41, 5.74) is 0.234. The van der Waals surface area contributed by atoms with Gasteiger partial charge in [-0.15, -0.1) is 4.91 Å². The third-order valence-electron chi connectivity index (χ3n) is 1.89. The maximum atomic E-state index is 11.4. The van der Waals surface area contributed by atoms with Crippen LogP contribution in [0.15, 0.2) is 17.3 Å². The number of hydrogen-bond donors (Lipinski definition) is 1. The van der Waals surface area contributed by atoms with Gasteiger partial charge in [0.2, 0.25) is 0 Å². The van der Waals surface area contributed by atoms with Crippen LogP contribution in [0.4, 0.5) is 5.69 Å². The van der Waals surface area contributed by atoms with Crippen molar-refractivity contribution in [2.24, 2.45) is 5.18 Å². The minimum atomic E-state index is -0.699. The molecule has 0 radical (unpaired) electrons. The molecule has 0 amide bonds. The van der Waals surface area contributed by atoms with Crippen molar-refractivity contribution < 1.29 is 14.6 Å². The number of phenols is 1. The van der Waals surface area contributed by atoms with E-state index in [0.717, 1.165) is 0 Å². The minimum Gasteiger partial charge on any atom is -0.508 e. The number of ether oxygens (including phenoxy) is 1. The summed E-state index contributed by atoms with van der Waals surface area (Å²) < 4.78 is 4.51.